The highest BCUT2D eigenvalue weighted by molar-refractivity contribution is 7.92. The monoisotopic (exact) mass is 464 g/mol. The van der Waals surface area contributed by atoms with E-state index in [1.165, 1.54) is 49.6 Å². The molecule has 0 saturated carbocycles. The predicted molar refractivity (Wildman–Crippen MR) is 127 cm³/mol. The number of benzene rings is 4. The van der Waals surface area contributed by atoms with E-state index in [1.54, 1.807) is 12.1 Å². The lowest BCUT2D eigenvalue weighted by Crippen LogP contribution is -2.38. The minimum absolute atomic E-state index is 0.0925. The van der Waals surface area contributed by atoms with Crippen LogP contribution < -0.4 is 14.4 Å². The normalized spacial score (nSPS) is 11.2. The Morgan fingerprint density at radius 1 is 0.909 bits per heavy atom. The number of sulfonamides is 1. The van der Waals surface area contributed by atoms with E-state index in [4.69, 9.17) is 4.74 Å². The molecule has 8 heteroatoms. The molecule has 4 rings (SSSR count). The smallest absolute Gasteiger partial charge is 0.264 e. The standard InChI is InChI=1S/C25H21FN2O4S/c1-32-21-12-14-22(15-13-21)33(30,31)28(24-9-5-4-8-23(24)26)17-25(29)27-20-11-10-18-6-2-3-7-19(18)16-20/h2-16H,17H2,1H3,(H,27,29). The molecule has 0 aliphatic heterocycles. The van der Waals surface area contributed by atoms with Crippen LogP contribution >= 0.6 is 0 Å². The predicted octanol–water partition coefficient (Wildman–Crippen LogP) is 4.82. The van der Waals surface area contributed by atoms with Crippen molar-refractivity contribution in [1.29, 1.82) is 0 Å². The number of anilines is 2. The number of amides is 1. The van der Waals surface area contributed by atoms with Gasteiger partial charge in [-0.1, -0.05) is 42.5 Å². The second-order valence-corrected chi connectivity index (χ2v) is 9.11. The quantitative estimate of drug-likeness (QED) is 0.425. The molecule has 1 amide bonds. The van der Waals surface area contributed by atoms with Gasteiger partial charge < -0.3 is 10.1 Å². The van der Waals surface area contributed by atoms with Gasteiger partial charge in [0.2, 0.25) is 5.91 Å². The Kier molecular flexibility index (Phi) is 6.28. The largest absolute Gasteiger partial charge is 0.497 e. The molecular formula is C25H21FN2O4S. The first-order valence-corrected chi connectivity index (χ1v) is 11.5. The van der Waals surface area contributed by atoms with Crippen LogP contribution in [0.15, 0.2) is 95.9 Å². The Hall–Kier alpha value is -3.91. The van der Waals surface area contributed by atoms with Crippen LogP contribution in [0.5, 0.6) is 5.75 Å². The number of nitrogens with zero attached hydrogens (tertiary/aromatic N) is 1. The Balaban J connectivity index is 1.65. The second kappa shape index (κ2) is 9.30. The maximum absolute atomic E-state index is 14.6. The van der Waals surface area contributed by atoms with Gasteiger partial charge in [0, 0.05) is 5.69 Å². The molecule has 4 aromatic rings. The molecule has 0 aliphatic carbocycles. The van der Waals surface area contributed by atoms with Crippen molar-refractivity contribution < 1.29 is 22.3 Å². The van der Waals surface area contributed by atoms with E-state index in [1.807, 2.05) is 30.3 Å². The molecule has 0 saturated heterocycles. The Morgan fingerprint density at radius 2 is 1.58 bits per heavy atom. The maximum atomic E-state index is 14.6. The summed E-state index contributed by atoms with van der Waals surface area (Å²) in [5.74, 6) is -0.890. The van der Waals surface area contributed by atoms with Crippen molar-refractivity contribution in [3.63, 3.8) is 0 Å². The van der Waals surface area contributed by atoms with Crippen molar-refractivity contribution in [2.45, 2.75) is 4.90 Å². The second-order valence-electron chi connectivity index (χ2n) is 7.25. The first kappa shape index (κ1) is 22.3. The van der Waals surface area contributed by atoms with Crippen LogP contribution in [0.25, 0.3) is 10.8 Å². The first-order chi connectivity index (χ1) is 15.9. The lowest BCUT2D eigenvalue weighted by molar-refractivity contribution is -0.114. The Bertz CT molecular complexity index is 1410. The van der Waals surface area contributed by atoms with Crippen LogP contribution in [0, 0.1) is 5.82 Å². The van der Waals surface area contributed by atoms with Gasteiger partial charge in [0.05, 0.1) is 17.7 Å². The number of methoxy groups -OCH3 is 1. The molecule has 6 nitrogen and oxygen atoms in total. The number of nitrogens with one attached hydrogen (secondary N) is 1. The van der Waals surface area contributed by atoms with Crippen LogP contribution in [0.4, 0.5) is 15.8 Å². The van der Waals surface area contributed by atoms with Crippen molar-refractivity contribution >= 4 is 38.1 Å². The number of hydrogen-bond donors (Lipinski definition) is 1. The Morgan fingerprint density at radius 3 is 2.27 bits per heavy atom. The van der Waals surface area contributed by atoms with Gasteiger partial charge >= 0.3 is 0 Å². The molecule has 0 atom stereocenters. The molecule has 168 valence electrons. The SMILES string of the molecule is COc1ccc(S(=O)(=O)N(CC(=O)Nc2ccc3ccccc3c2)c2ccccc2F)cc1. The molecule has 0 fully saturated rings. The molecular weight excluding hydrogens is 443 g/mol. The zero-order valence-electron chi connectivity index (χ0n) is 17.7. The highest BCUT2D eigenvalue weighted by Gasteiger charge is 2.29. The van der Waals surface area contributed by atoms with Crippen molar-refractivity contribution in [1.82, 2.24) is 0 Å². The number of ether oxygens (including phenoxy) is 1. The number of carbonyl (C=O) groups excluding carboxylic acids is 1. The number of carbonyl (C=O) groups is 1. The van der Waals surface area contributed by atoms with Crippen molar-refractivity contribution in [3.8, 4) is 5.75 Å². The first-order valence-electron chi connectivity index (χ1n) is 10.1. The minimum atomic E-state index is -4.25. The van der Waals surface area contributed by atoms with Crippen LogP contribution in [0.1, 0.15) is 0 Å². The summed E-state index contributed by atoms with van der Waals surface area (Å²) >= 11 is 0. The molecule has 0 spiro atoms. The lowest BCUT2D eigenvalue weighted by atomic mass is 10.1. The number of fused-ring (bicyclic) bond motifs is 1. The summed E-state index contributed by atoms with van der Waals surface area (Å²) in [7, 11) is -2.78. The van der Waals surface area contributed by atoms with E-state index in [9.17, 15) is 17.6 Å². The van der Waals surface area contributed by atoms with E-state index in [2.05, 4.69) is 5.32 Å². The third kappa shape index (κ3) is 4.80. The van der Waals surface area contributed by atoms with Crippen LogP contribution in [-0.4, -0.2) is 28.0 Å². The summed E-state index contributed by atoms with van der Waals surface area (Å²) in [5, 5.41) is 4.64. The number of halogens is 1. The summed E-state index contributed by atoms with van der Waals surface area (Å²) in [6, 6.07) is 24.1. The summed E-state index contributed by atoms with van der Waals surface area (Å²) < 4.78 is 47.2. The molecule has 0 aliphatic rings. The van der Waals surface area contributed by atoms with E-state index < -0.39 is 28.3 Å². The maximum Gasteiger partial charge on any atom is 0.264 e. The van der Waals surface area contributed by atoms with E-state index in [0.717, 1.165) is 21.1 Å². The van der Waals surface area contributed by atoms with Gasteiger partial charge in [-0.2, -0.15) is 0 Å². The van der Waals surface area contributed by atoms with Gasteiger partial charge in [-0.25, -0.2) is 12.8 Å². The topological polar surface area (TPSA) is 75.7 Å². The van der Waals surface area contributed by atoms with Crippen molar-refractivity contribution in [3.05, 3.63) is 96.8 Å². The zero-order valence-corrected chi connectivity index (χ0v) is 18.6. The average molecular weight is 465 g/mol. The molecule has 0 bridgehead atoms. The number of rotatable bonds is 7. The van der Waals surface area contributed by atoms with Crippen LogP contribution in [0.2, 0.25) is 0 Å². The van der Waals surface area contributed by atoms with Gasteiger partial charge in [-0.15, -0.1) is 0 Å². The van der Waals surface area contributed by atoms with Gasteiger partial charge in [0.15, 0.2) is 0 Å². The molecule has 0 radical (unpaired) electrons. The van der Waals surface area contributed by atoms with E-state index in [-0.39, 0.29) is 10.6 Å². The summed E-state index contributed by atoms with van der Waals surface area (Å²) in [5.41, 5.74) is 0.288. The van der Waals surface area contributed by atoms with Gasteiger partial charge in [0.1, 0.15) is 18.1 Å². The summed E-state index contributed by atoms with van der Waals surface area (Å²) in [6.07, 6.45) is 0. The molecule has 0 aromatic heterocycles. The molecule has 1 N–H and O–H groups in total. The summed E-state index contributed by atoms with van der Waals surface area (Å²) in [4.78, 5) is 12.8. The van der Waals surface area contributed by atoms with Crippen LogP contribution in [0.3, 0.4) is 0 Å². The third-order valence-electron chi connectivity index (χ3n) is 5.09. The fraction of sp³-hybridized carbons (Fsp3) is 0.0800. The highest BCUT2D eigenvalue weighted by Crippen LogP contribution is 2.27. The van der Waals surface area contributed by atoms with E-state index in [0.29, 0.717) is 11.4 Å². The van der Waals surface area contributed by atoms with Crippen LogP contribution in [-0.2, 0) is 14.8 Å². The Labute approximate surface area is 191 Å². The average Bonchev–Trinajstić information content (AvgIpc) is 2.83. The molecule has 0 unspecified atom stereocenters. The van der Waals surface area contributed by atoms with Gasteiger partial charge in [-0.05, 0) is 59.3 Å². The number of para-hydroxylation sites is 1. The highest BCUT2D eigenvalue weighted by atomic mass is 32.2. The van der Waals surface area contributed by atoms with Crippen molar-refractivity contribution in [2.24, 2.45) is 0 Å². The molecule has 4 aromatic carbocycles. The molecule has 0 heterocycles. The van der Waals surface area contributed by atoms with E-state index >= 15 is 0 Å². The lowest BCUT2D eigenvalue weighted by Gasteiger charge is -2.24. The number of hydrogen-bond acceptors (Lipinski definition) is 4. The van der Waals surface area contributed by atoms with Gasteiger partial charge in [0.25, 0.3) is 10.0 Å². The minimum Gasteiger partial charge on any atom is -0.497 e. The zero-order chi connectivity index (χ0) is 23.4. The third-order valence-corrected chi connectivity index (χ3v) is 6.86. The fourth-order valence-corrected chi connectivity index (χ4v) is 4.86. The van der Waals surface area contributed by atoms with Crippen molar-refractivity contribution in [2.75, 3.05) is 23.3 Å². The summed E-state index contributed by atoms with van der Waals surface area (Å²) in [6.45, 7) is -0.609. The fourth-order valence-electron chi connectivity index (χ4n) is 3.43. The molecule has 33 heavy (non-hydrogen) atoms. The van der Waals surface area contributed by atoms with Gasteiger partial charge in [-0.3, -0.25) is 9.10 Å².